The summed E-state index contributed by atoms with van der Waals surface area (Å²) in [5, 5.41) is 0. The van der Waals surface area contributed by atoms with Gasteiger partial charge in [0.15, 0.2) is 11.6 Å². The van der Waals surface area contributed by atoms with E-state index < -0.39 is 5.60 Å². The Morgan fingerprint density at radius 1 is 1.33 bits per heavy atom. The van der Waals surface area contributed by atoms with Gasteiger partial charge in [0.1, 0.15) is 11.7 Å². The highest BCUT2D eigenvalue weighted by molar-refractivity contribution is 5.69. The number of benzene rings is 1. The molecule has 1 aliphatic rings. The predicted octanol–water partition coefficient (Wildman–Crippen LogP) is 3.60. The molecule has 2 rings (SSSR count). The van der Waals surface area contributed by atoms with Crippen molar-refractivity contribution in [1.29, 1.82) is 0 Å². The van der Waals surface area contributed by atoms with Crippen LogP contribution in [0.25, 0.3) is 0 Å². The van der Waals surface area contributed by atoms with E-state index in [1.807, 2.05) is 27.7 Å². The third kappa shape index (κ3) is 4.09. The molecule has 5 heteroatoms. The smallest absolute Gasteiger partial charge is 0.410 e. The molecule has 0 radical (unpaired) electrons. The second-order valence-electron chi connectivity index (χ2n) is 6.39. The molecule has 21 heavy (non-hydrogen) atoms. The number of likely N-dealkylation sites (tertiary alicyclic amines) is 1. The van der Waals surface area contributed by atoms with Crippen LogP contribution in [0.3, 0.4) is 0 Å². The van der Waals surface area contributed by atoms with Crippen LogP contribution in [0.5, 0.6) is 5.75 Å². The van der Waals surface area contributed by atoms with Gasteiger partial charge < -0.3 is 14.4 Å². The number of carbonyl (C=O) groups excluding carboxylic acids is 1. The fraction of sp³-hybridized carbons (Fsp3) is 0.562. The van der Waals surface area contributed by atoms with Crippen LogP contribution >= 0.6 is 0 Å². The first-order valence-corrected chi connectivity index (χ1v) is 7.17. The van der Waals surface area contributed by atoms with E-state index in [9.17, 15) is 9.18 Å². The monoisotopic (exact) mass is 295 g/mol. The Balaban J connectivity index is 1.98. The topological polar surface area (TPSA) is 38.8 Å². The van der Waals surface area contributed by atoms with Crippen LogP contribution in [-0.4, -0.2) is 35.3 Å². The molecule has 4 nitrogen and oxygen atoms in total. The summed E-state index contributed by atoms with van der Waals surface area (Å²) in [4.78, 5) is 13.7. The lowest BCUT2D eigenvalue weighted by molar-refractivity contribution is 0.0224. The van der Waals surface area contributed by atoms with Crippen molar-refractivity contribution in [2.24, 2.45) is 0 Å². The maximum atomic E-state index is 13.6. The summed E-state index contributed by atoms with van der Waals surface area (Å²) in [5.74, 6) is -0.165. The standard InChI is InChI=1S/C16H22FNO3/c1-11-9-12(20-14-8-6-5-7-13(14)17)10-18(11)15(19)21-16(2,3)4/h5-8,11-12H,9-10H2,1-4H3/t11?,12-/m0/s1. The maximum absolute atomic E-state index is 13.6. The molecule has 1 unspecified atom stereocenters. The van der Waals surface area contributed by atoms with Crippen molar-refractivity contribution in [3.63, 3.8) is 0 Å². The third-order valence-electron chi connectivity index (χ3n) is 3.29. The molecule has 0 N–H and O–H groups in total. The zero-order valence-corrected chi connectivity index (χ0v) is 12.9. The van der Waals surface area contributed by atoms with E-state index in [0.29, 0.717) is 13.0 Å². The Hall–Kier alpha value is -1.78. The van der Waals surface area contributed by atoms with E-state index in [-0.39, 0.29) is 29.8 Å². The zero-order valence-electron chi connectivity index (χ0n) is 12.9. The van der Waals surface area contributed by atoms with Gasteiger partial charge in [-0.25, -0.2) is 9.18 Å². The van der Waals surface area contributed by atoms with E-state index in [1.165, 1.54) is 6.07 Å². The van der Waals surface area contributed by atoms with Crippen LogP contribution in [0.1, 0.15) is 34.1 Å². The maximum Gasteiger partial charge on any atom is 0.410 e. The molecule has 1 heterocycles. The molecule has 0 aromatic heterocycles. The minimum absolute atomic E-state index is 0.0108. The lowest BCUT2D eigenvalue weighted by atomic mass is 10.2. The van der Waals surface area contributed by atoms with Gasteiger partial charge >= 0.3 is 6.09 Å². The van der Waals surface area contributed by atoms with E-state index in [4.69, 9.17) is 9.47 Å². The summed E-state index contributed by atoms with van der Waals surface area (Å²) < 4.78 is 24.6. The molecule has 116 valence electrons. The number of halogens is 1. The number of carbonyl (C=O) groups is 1. The summed E-state index contributed by atoms with van der Waals surface area (Å²) in [6, 6.07) is 6.31. The average Bonchev–Trinajstić information content (AvgIpc) is 2.71. The molecule has 1 fully saturated rings. The molecule has 1 aromatic rings. The van der Waals surface area contributed by atoms with Crippen molar-refractivity contribution < 1.29 is 18.7 Å². The zero-order chi connectivity index (χ0) is 15.6. The summed E-state index contributed by atoms with van der Waals surface area (Å²) in [7, 11) is 0. The molecular formula is C16H22FNO3. The van der Waals surface area contributed by atoms with Gasteiger partial charge in [-0.1, -0.05) is 12.1 Å². The molecule has 0 bridgehead atoms. The van der Waals surface area contributed by atoms with Crippen LogP contribution in [0.15, 0.2) is 24.3 Å². The fourth-order valence-electron chi connectivity index (χ4n) is 2.36. The first kappa shape index (κ1) is 15.6. The molecular weight excluding hydrogens is 273 g/mol. The van der Waals surface area contributed by atoms with Crippen molar-refractivity contribution in [3.05, 3.63) is 30.1 Å². The predicted molar refractivity (Wildman–Crippen MR) is 77.8 cm³/mol. The van der Waals surface area contributed by atoms with Gasteiger partial charge in [-0.3, -0.25) is 0 Å². The molecule has 1 aromatic carbocycles. The molecule has 0 spiro atoms. The Kier molecular flexibility index (Phi) is 4.40. The second kappa shape index (κ2) is 5.92. The van der Waals surface area contributed by atoms with Gasteiger partial charge in [-0.05, 0) is 39.8 Å². The van der Waals surface area contributed by atoms with Gasteiger partial charge in [-0.15, -0.1) is 0 Å². The van der Waals surface area contributed by atoms with E-state index in [0.717, 1.165) is 0 Å². The quantitative estimate of drug-likeness (QED) is 0.836. The third-order valence-corrected chi connectivity index (χ3v) is 3.29. The van der Waals surface area contributed by atoms with Gasteiger partial charge in [0.2, 0.25) is 0 Å². The minimum Gasteiger partial charge on any atom is -0.485 e. The average molecular weight is 295 g/mol. The largest absolute Gasteiger partial charge is 0.485 e. The molecule has 0 saturated carbocycles. The minimum atomic E-state index is -0.527. The van der Waals surface area contributed by atoms with Crippen LogP contribution in [-0.2, 0) is 4.74 Å². The Bertz CT molecular complexity index is 512. The second-order valence-corrected chi connectivity index (χ2v) is 6.39. The number of hydrogen-bond donors (Lipinski definition) is 0. The highest BCUT2D eigenvalue weighted by Crippen LogP contribution is 2.26. The number of ether oxygens (including phenoxy) is 2. The van der Waals surface area contributed by atoms with E-state index in [1.54, 1.807) is 23.1 Å². The number of para-hydroxylation sites is 1. The first-order valence-electron chi connectivity index (χ1n) is 7.17. The van der Waals surface area contributed by atoms with Gasteiger partial charge in [0.25, 0.3) is 0 Å². The van der Waals surface area contributed by atoms with Crippen LogP contribution in [0, 0.1) is 5.82 Å². The van der Waals surface area contributed by atoms with Crippen LogP contribution < -0.4 is 4.74 Å². The Morgan fingerprint density at radius 3 is 2.62 bits per heavy atom. The lowest BCUT2D eigenvalue weighted by Crippen LogP contribution is -2.39. The molecule has 0 aliphatic carbocycles. The summed E-state index contributed by atoms with van der Waals surface area (Å²) in [6.45, 7) is 7.84. The molecule has 2 atom stereocenters. The normalized spacial score (nSPS) is 22.2. The van der Waals surface area contributed by atoms with E-state index >= 15 is 0 Å². The Morgan fingerprint density at radius 2 is 2.00 bits per heavy atom. The number of nitrogens with zero attached hydrogens (tertiary/aromatic N) is 1. The summed E-state index contributed by atoms with van der Waals surface area (Å²) in [6.07, 6.45) is 0.0900. The number of amides is 1. The van der Waals surface area contributed by atoms with E-state index in [2.05, 4.69) is 0 Å². The number of hydrogen-bond acceptors (Lipinski definition) is 3. The molecule has 1 amide bonds. The van der Waals surface area contributed by atoms with Crippen molar-refractivity contribution in [3.8, 4) is 5.75 Å². The highest BCUT2D eigenvalue weighted by Gasteiger charge is 2.36. The summed E-state index contributed by atoms with van der Waals surface area (Å²) in [5.41, 5.74) is -0.527. The highest BCUT2D eigenvalue weighted by atomic mass is 19.1. The van der Waals surface area contributed by atoms with Crippen molar-refractivity contribution >= 4 is 6.09 Å². The Labute approximate surface area is 124 Å². The van der Waals surface area contributed by atoms with Crippen molar-refractivity contribution in [2.75, 3.05) is 6.54 Å². The van der Waals surface area contributed by atoms with Crippen molar-refractivity contribution in [2.45, 2.75) is 51.9 Å². The lowest BCUT2D eigenvalue weighted by Gasteiger charge is -2.26. The van der Waals surface area contributed by atoms with Gasteiger partial charge in [-0.2, -0.15) is 0 Å². The van der Waals surface area contributed by atoms with Crippen LogP contribution in [0.4, 0.5) is 9.18 Å². The SMILES string of the molecule is CC1C[C@H](Oc2ccccc2F)CN1C(=O)OC(C)(C)C. The van der Waals surface area contributed by atoms with Crippen LogP contribution in [0.2, 0.25) is 0 Å². The number of rotatable bonds is 2. The molecule has 1 saturated heterocycles. The van der Waals surface area contributed by atoms with Gasteiger partial charge in [0, 0.05) is 12.5 Å². The van der Waals surface area contributed by atoms with Crippen molar-refractivity contribution in [1.82, 2.24) is 4.90 Å². The summed E-state index contributed by atoms with van der Waals surface area (Å²) >= 11 is 0. The van der Waals surface area contributed by atoms with Gasteiger partial charge in [0.05, 0.1) is 6.54 Å². The fourth-order valence-corrected chi connectivity index (χ4v) is 2.36. The first-order chi connectivity index (χ1) is 9.76. The molecule has 1 aliphatic heterocycles.